The lowest BCUT2D eigenvalue weighted by Gasteiger charge is -2.22. The molecule has 0 aliphatic carbocycles. The number of ether oxygens (including phenoxy) is 3. The first-order valence-corrected chi connectivity index (χ1v) is 5.78. The largest absolute Gasteiger partial charge is 0.499 e. The quantitative estimate of drug-likeness (QED) is 0.337. The number of hydrogen-bond donors (Lipinski definition) is 1. The Balaban J connectivity index is 2.74. The monoisotopic (exact) mass is 283 g/mol. The molecule has 2 atom stereocenters. The molecule has 2 unspecified atom stereocenters. The Morgan fingerprint density at radius 2 is 2.10 bits per heavy atom. The van der Waals surface area contributed by atoms with Crippen LogP contribution in [0.5, 0.6) is 0 Å². The number of nitro groups is 1. The minimum atomic E-state index is -1.19. The van der Waals surface area contributed by atoms with Gasteiger partial charge in [-0.2, -0.15) is 0 Å². The molecule has 20 heavy (non-hydrogen) atoms. The molecule has 1 N–H and O–H groups in total. The van der Waals surface area contributed by atoms with Gasteiger partial charge in [0.2, 0.25) is 0 Å². The van der Waals surface area contributed by atoms with E-state index in [1.807, 2.05) is 0 Å². The molecule has 7 heteroatoms. The van der Waals surface area contributed by atoms with Gasteiger partial charge in [-0.3, -0.25) is 10.1 Å². The van der Waals surface area contributed by atoms with Crippen molar-refractivity contribution in [2.75, 3.05) is 14.2 Å². The number of para-hydroxylation sites is 1. The summed E-state index contributed by atoms with van der Waals surface area (Å²) in [5.74, 6) is 0.0828. The number of methoxy groups -OCH3 is 2. The number of benzene rings is 1. The standard InChI is InChI=1S/C13H17NO6/c1-9(18-2)12(15)13(19-3)20-8-10-6-4-5-7-11(10)14(16)17/h4-7,12-13,15H,1,8H2,2-3H3. The van der Waals surface area contributed by atoms with Crippen molar-refractivity contribution in [2.45, 2.75) is 19.0 Å². The molecule has 0 aliphatic rings. The van der Waals surface area contributed by atoms with E-state index >= 15 is 0 Å². The fourth-order valence-corrected chi connectivity index (χ4v) is 1.54. The number of rotatable bonds is 8. The first kappa shape index (κ1) is 16.1. The Morgan fingerprint density at radius 3 is 2.65 bits per heavy atom. The molecule has 0 fully saturated rings. The van der Waals surface area contributed by atoms with Crippen molar-refractivity contribution in [3.8, 4) is 0 Å². The number of nitro benzene ring substituents is 1. The second kappa shape index (κ2) is 7.59. The van der Waals surface area contributed by atoms with E-state index in [9.17, 15) is 15.2 Å². The molecule has 0 spiro atoms. The van der Waals surface area contributed by atoms with Gasteiger partial charge < -0.3 is 19.3 Å². The van der Waals surface area contributed by atoms with Crippen molar-refractivity contribution in [3.63, 3.8) is 0 Å². The van der Waals surface area contributed by atoms with Gasteiger partial charge in [-0.1, -0.05) is 18.7 Å². The van der Waals surface area contributed by atoms with Crippen LogP contribution in [-0.4, -0.2) is 36.6 Å². The minimum absolute atomic E-state index is 0.0533. The van der Waals surface area contributed by atoms with Crippen molar-refractivity contribution >= 4 is 5.69 Å². The molecular formula is C13H17NO6. The zero-order valence-corrected chi connectivity index (χ0v) is 11.3. The summed E-state index contributed by atoms with van der Waals surface area (Å²) in [6.07, 6.45) is -2.21. The first-order chi connectivity index (χ1) is 9.51. The zero-order valence-electron chi connectivity index (χ0n) is 11.3. The summed E-state index contributed by atoms with van der Waals surface area (Å²) >= 11 is 0. The van der Waals surface area contributed by atoms with Gasteiger partial charge in [0, 0.05) is 13.2 Å². The second-order valence-electron chi connectivity index (χ2n) is 3.92. The molecular weight excluding hydrogens is 266 g/mol. The highest BCUT2D eigenvalue weighted by atomic mass is 16.7. The Bertz CT molecular complexity index is 476. The van der Waals surface area contributed by atoms with Crippen LogP contribution in [0.2, 0.25) is 0 Å². The SMILES string of the molecule is C=C(OC)C(O)C(OC)OCc1ccccc1[N+](=O)[O-]. The molecule has 0 amide bonds. The average Bonchev–Trinajstić information content (AvgIpc) is 2.46. The summed E-state index contributed by atoms with van der Waals surface area (Å²) < 4.78 is 15.1. The molecule has 0 aliphatic heterocycles. The van der Waals surface area contributed by atoms with Crippen LogP contribution in [0.15, 0.2) is 36.6 Å². The van der Waals surface area contributed by atoms with Crippen LogP contribution in [0.1, 0.15) is 5.56 Å². The van der Waals surface area contributed by atoms with Crippen molar-refractivity contribution < 1.29 is 24.2 Å². The third-order valence-electron chi connectivity index (χ3n) is 2.67. The van der Waals surface area contributed by atoms with Crippen molar-refractivity contribution in [2.24, 2.45) is 0 Å². The Morgan fingerprint density at radius 1 is 1.45 bits per heavy atom. The predicted molar refractivity (Wildman–Crippen MR) is 70.8 cm³/mol. The van der Waals surface area contributed by atoms with E-state index in [4.69, 9.17) is 14.2 Å². The van der Waals surface area contributed by atoms with Crippen LogP contribution >= 0.6 is 0 Å². The van der Waals surface area contributed by atoms with Crippen LogP contribution < -0.4 is 0 Å². The Kier molecular flexibility index (Phi) is 6.10. The number of nitrogens with zero attached hydrogens (tertiary/aromatic N) is 1. The van der Waals surface area contributed by atoms with Crippen LogP contribution in [0, 0.1) is 10.1 Å². The maximum absolute atomic E-state index is 10.9. The lowest BCUT2D eigenvalue weighted by Crippen LogP contribution is -2.32. The molecule has 0 bridgehead atoms. The van der Waals surface area contributed by atoms with Gasteiger partial charge in [0.05, 0.1) is 24.2 Å². The van der Waals surface area contributed by atoms with E-state index in [1.165, 1.54) is 20.3 Å². The molecule has 1 rings (SSSR count). The second-order valence-corrected chi connectivity index (χ2v) is 3.92. The van der Waals surface area contributed by atoms with E-state index in [2.05, 4.69) is 6.58 Å². The van der Waals surface area contributed by atoms with Crippen molar-refractivity contribution in [1.29, 1.82) is 0 Å². The van der Waals surface area contributed by atoms with Crippen molar-refractivity contribution in [1.82, 2.24) is 0 Å². The fourth-order valence-electron chi connectivity index (χ4n) is 1.54. The fraction of sp³-hybridized carbons (Fsp3) is 0.385. The summed E-state index contributed by atoms with van der Waals surface area (Å²) in [7, 11) is 2.70. The van der Waals surface area contributed by atoms with Gasteiger partial charge in [0.25, 0.3) is 5.69 Å². The zero-order chi connectivity index (χ0) is 15.1. The Labute approximate surface area is 116 Å². The number of aliphatic hydroxyl groups excluding tert-OH is 1. The number of hydrogen-bond acceptors (Lipinski definition) is 6. The summed E-state index contributed by atoms with van der Waals surface area (Å²) in [4.78, 5) is 10.4. The predicted octanol–water partition coefficient (Wildman–Crippen LogP) is 1.60. The minimum Gasteiger partial charge on any atom is -0.499 e. The molecule has 0 saturated heterocycles. The average molecular weight is 283 g/mol. The molecule has 0 heterocycles. The molecule has 0 saturated carbocycles. The summed E-state index contributed by atoms with van der Waals surface area (Å²) in [5, 5.41) is 20.7. The van der Waals surface area contributed by atoms with E-state index in [0.717, 1.165) is 0 Å². The van der Waals surface area contributed by atoms with Crippen LogP contribution in [0.3, 0.4) is 0 Å². The number of aliphatic hydroxyl groups is 1. The van der Waals surface area contributed by atoms with Crippen LogP contribution in [0.4, 0.5) is 5.69 Å². The first-order valence-electron chi connectivity index (χ1n) is 5.78. The summed E-state index contributed by atoms with van der Waals surface area (Å²) in [6, 6.07) is 6.18. The Hall–Kier alpha value is -1.96. The third-order valence-corrected chi connectivity index (χ3v) is 2.67. The van der Waals surface area contributed by atoms with Gasteiger partial charge in [0.15, 0.2) is 12.4 Å². The normalized spacial score (nSPS) is 13.6. The van der Waals surface area contributed by atoms with Crippen LogP contribution in [-0.2, 0) is 20.8 Å². The van der Waals surface area contributed by atoms with E-state index in [1.54, 1.807) is 18.2 Å². The topological polar surface area (TPSA) is 91.1 Å². The molecule has 110 valence electrons. The third kappa shape index (κ3) is 4.02. The lowest BCUT2D eigenvalue weighted by atomic mass is 10.2. The van der Waals surface area contributed by atoms with Gasteiger partial charge in [-0.15, -0.1) is 0 Å². The molecule has 0 aromatic heterocycles. The van der Waals surface area contributed by atoms with E-state index in [0.29, 0.717) is 5.56 Å². The maximum atomic E-state index is 10.9. The smallest absolute Gasteiger partial charge is 0.274 e. The van der Waals surface area contributed by atoms with Gasteiger partial charge in [-0.05, 0) is 6.07 Å². The van der Waals surface area contributed by atoms with E-state index in [-0.39, 0.29) is 18.1 Å². The molecule has 0 radical (unpaired) electrons. The van der Waals surface area contributed by atoms with Gasteiger partial charge in [0.1, 0.15) is 5.76 Å². The summed E-state index contributed by atoms with van der Waals surface area (Å²) in [6.45, 7) is 3.42. The van der Waals surface area contributed by atoms with Crippen molar-refractivity contribution in [3.05, 3.63) is 52.3 Å². The highest BCUT2D eigenvalue weighted by Crippen LogP contribution is 2.20. The highest BCUT2D eigenvalue weighted by molar-refractivity contribution is 5.39. The highest BCUT2D eigenvalue weighted by Gasteiger charge is 2.24. The maximum Gasteiger partial charge on any atom is 0.274 e. The molecule has 7 nitrogen and oxygen atoms in total. The van der Waals surface area contributed by atoms with E-state index < -0.39 is 17.3 Å². The molecule has 1 aromatic rings. The lowest BCUT2D eigenvalue weighted by molar-refractivity contribution is -0.386. The molecule has 1 aromatic carbocycles. The summed E-state index contributed by atoms with van der Waals surface area (Å²) in [5.41, 5.74) is 0.331. The van der Waals surface area contributed by atoms with Gasteiger partial charge in [-0.25, -0.2) is 0 Å². The van der Waals surface area contributed by atoms with Crippen LogP contribution in [0.25, 0.3) is 0 Å². The van der Waals surface area contributed by atoms with Gasteiger partial charge >= 0.3 is 0 Å².